The molecule has 0 aliphatic carbocycles. The van der Waals surface area contributed by atoms with Gasteiger partial charge in [-0.2, -0.15) is 0 Å². The van der Waals surface area contributed by atoms with Crippen molar-refractivity contribution in [2.75, 3.05) is 21.3 Å². The number of hydrogen-bond donors (Lipinski definition) is 1. The molecule has 0 spiro atoms. The predicted octanol–water partition coefficient (Wildman–Crippen LogP) is 4.26. The molecule has 0 heterocycles. The minimum atomic E-state index is -0.912. The third-order valence-electron chi connectivity index (χ3n) is 4.38. The van der Waals surface area contributed by atoms with Crippen LogP contribution in [-0.4, -0.2) is 32.4 Å². The van der Waals surface area contributed by atoms with E-state index in [9.17, 15) is 9.90 Å². The van der Waals surface area contributed by atoms with Crippen LogP contribution in [0.25, 0.3) is 0 Å². The third-order valence-corrected chi connectivity index (χ3v) is 4.38. The van der Waals surface area contributed by atoms with Crippen LogP contribution in [-0.2, 0) is 0 Å². The summed E-state index contributed by atoms with van der Waals surface area (Å²) >= 11 is 0. The van der Waals surface area contributed by atoms with E-state index in [1.165, 1.54) is 0 Å². The van der Waals surface area contributed by atoms with Gasteiger partial charge in [0, 0.05) is 5.92 Å². The highest BCUT2D eigenvalue weighted by molar-refractivity contribution is 5.89. The molecule has 2 aromatic rings. The molecule has 1 unspecified atom stereocenters. The molecule has 0 amide bonds. The molecule has 0 aliphatic rings. The molecule has 0 radical (unpaired) electrons. The van der Waals surface area contributed by atoms with Crippen LogP contribution in [0.5, 0.6) is 17.2 Å². The van der Waals surface area contributed by atoms with Gasteiger partial charge in [0.1, 0.15) is 0 Å². The third kappa shape index (κ3) is 3.71. The molecule has 0 aromatic heterocycles. The van der Waals surface area contributed by atoms with Gasteiger partial charge >= 0.3 is 5.97 Å². The molecule has 0 aliphatic heterocycles. The summed E-state index contributed by atoms with van der Waals surface area (Å²) in [4.78, 5) is 11.2. The summed E-state index contributed by atoms with van der Waals surface area (Å²) in [5.74, 6) is 0.949. The van der Waals surface area contributed by atoms with Crippen molar-refractivity contribution in [3.63, 3.8) is 0 Å². The Kier molecular flexibility index (Phi) is 5.91. The molecule has 2 rings (SSSR count). The molecular formula is C20H24O5. The van der Waals surface area contributed by atoms with Gasteiger partial charge < -0.3 is 19.3 Å². The topological polar surface area (TPSA) is 65.0 Å². The second kappa shape index (κ2) is 7.92. The first kappa shape index (κ1) is 18.6. The number of aromatic carboxylic acids is 1. The minimum Gasteiger partial charge on any atom is -0.493 e. The Morgan fingerprint density at radius 1 is 1.00 bits per heavy atom. The monoisotopic (exact) mass is 344 g/mol. The van der Waals surface area contributed by atoms with Gasteiger partial charge in [0.05, 0.1) is 26.9 Å². The zero-order chi connectivity index (χ0) is 18.6. The van der Waals surface area contributed by atoms with Crippen molar-refractivity contribution in [1.29, 1.82) is 0 Å². The fraction of sp³-hybridized carbons (Fsp3) is 0.350. The molecule has 134 valence electrons. The van der Waals surface area contributed by atoms with Crippen molar-refractivity contribution in [2.45, 2.75) is 26.2 Å². The van der Waals surface area contributed by atoms with Crippen LogP contribution < -0.4 is 14.2 Å². The Hall–Kier alpha value is -2.69. The molecule has 25 heavy (non-hydrogen) atoms. The summed E-state index contributed by atoms with van der Waals surface area (Å²) in [6, 6.07) is 9.34. The number of benzene rings is 2. The van der Waals surface area contributed by atoms with Gasteiger partial charge in [-0.1, -0.05) is 19.1 Å². The second-order valence-electron chi connectivity index (χ2n) is 5.80. The molecule has 5 heteroatoms. The van der Waals surface area contributed by atoms with Crippen molar-refractivity contribution < 1.29 is 24.1 Å². The van der Waals surface area contributed by atoms with Crippen LogP contribution in [0.15, 0.2) is 30.3 Å². The quantitative estimate of drug-likeness (QED) is 0.813. The fourth-order valence-corrected chi connectivity index (χ4v) is 3.11. The number of carbonyl (C=O) groups is 1. The lowest BCUT2D eigenvalue weighted by atomic mass is 9.87. The summed E-state index contributed by atoms with van der Waals surface area (Å²) in [5, 5.41) is 9.22. The van der Waals surface area contributed by atoms with E-state index in [0.29, 0.717) is 22.8 Å². The van der Waals surface area contributed by atoms with E-state index in [1.807, 2.05) is 31.2 Å². The highest BCUT2D eigenvalue weighted by Gasteiger charge is 2.20. The molecule has 2 aromatic carbocycles. The van der Waals surface area contributed by atoms with E-state index in [-0.39, 0.29) is 5.92 Å². The number of ether oxygens (including phenoxy) is 3. The Bertz CT molecular complexity index is 742. The molecule has 0 bridgehead atoms. The van der Waals surface area contributed by atoms with Crippen LogP contribution in [0.1, 0.15) is 46.3 Å². The summed E-state index contributed by atoms with van der Waals surface area (Å²) in [5.41, 5.74) is 3.15. The first-order valence-electron chi connectivity index (χ1n) is 8.10. The van der Waals surface area contributed by atoms with E-state index in [0.717, 1.165) is 23.1 Å². The number of carboxylic acids is 1. The van der Waals surface area contributed by atoms with E-state index >= 15 is 0 Å². The maximum absolute atomic E-state index is 11.2. The van der Waals surface area contributed by atoms with Crippen molar-refractivity contribution in [3.05, 3.63) is 52.6 Å². The molecule has 0 fully saturated rings. The highest BCUT2D eigenvalue weighted by atomic mass is 16.5. The van der Waals surface area contributed by atoms with E-state index < -0.39 is 5.97 Å². The largest absolute Gasteiger partial charge is 0.493 e. The zero-order valence-corrected chi connectivity index (χ0v) is 15.3. The number of carboxylic acid groups (broad SMARTS) is 1. The molecule has 5 nitrogen and oxygen atoms in total. The normalized spacial score (nSPS) is 11.7. The minimum absolute atomic E-state index is 0.0928. The second-order valence-corrected chi connectivity index (χ2v) is 5.80. The molecule has 0 saturated heterocycles. The van der Waals surface area contributed by atoms with Gasteiger partial charge in [-0.3, -0.25) is 0 Å². The molecule has 1 atom stereocenters. The van der Waals surface area contributed by atoms with Crippen LogP contribution >= 0.6 is 0 Å². The highest BCUT2D eigenvalue weighted by Crippen LogP contribution is 2.42. The number of hydrogen-bond acceptors (Lipinski definition) is 4. The van der Waals surface area contributed by atoms with Gasteiger partial charge in [0.15, 0.2) is 11.5 Å². The maximum atomic E-state index is 11.2. The van der Waals surface area contributed by atoms with Gasteiger partial charge in [0.25, 0.3) is 0 Å². The van der Waals surface area contributed by atoms with Gasteiger partial charge in [-0.15, -0.1) is 0 Å². The van der Waals surface area contributed by atoms with E-state index in [4.69, 9.17) is 14.2 Å². The molecular weight excluding hydrogens is 320 g/mol. The van der Waals surface area contributed by atoms with Gasteiger partial charge in [-0.05, 0) is 48.2 Å². The van der Waals surface area contributed by atoms with Crippen molar-refractivity contribution in [1.82, 2.24) is 0 Å². The fourth-order valence-electron chi connectivity index (χ4n) is 3.11. The number of methoxy groups -OCH3 is 3. The average Bonchev–Trinajstić information content (AvgIpc) is 2.61. The number of aryl methyl sites for hydroxylation is 1. The zero-order valence-electron chi connectivity index (χ0n) is 15.3. The summed E-state index contributed by atoms with van der Waals surface area (Å²) < 4.78 is 16.3. The summed E-state index contributed by atoms with van der Waals surface area (Å²) in [6.45, 7) is 3.91. The maximum Gasteiger partial charge on any atom is 0.335 e. The average molecular weight is 344 g/mol. The standard InChI is InChI=1S/C20H24O5/c1-6-15(13-7-8-16(20(21)22)12(2)9-13)14-10-17(23-3)19(25-5)18(11-14)24-4/h7-11,15H,6H2,1-5H3,(H,21,22). The Balaban J connectivity index is 2.54. The summed E-state index contributed by atoms with van der Waals surface area (Å²) in [6.07, 6.45) is 0.852. The van der Waals surface area contributed by atoms with Crippen molar-refractivity contribution >= 4 is 5.97 Å². The lowest BCUT2D eigenvalue weighted by molar-refractivity contribution is 0.0696. The lowest BCUT2D eigenvalue weighted by Crippen LogP contribution is -2.05. The van der Waals surface area contributed by atoms with Crippen LogP contribution in [0, 0.1) is 6.92 Å². The van der Waals surface area contributed by atoms with Crippen molar-refractivity contribution in [3.8, 4) is 17.2 Å². The molecule has 1 N–H and O–H groups in total. The Labute approximate surface area is 148 Å². The Morgan fingerprint density at radius 3 is 2.00 bits per heavy atom. The first-order valence-corrected chi connectivity index (χ1v) is 8.10. The van der Waals surface area contributed by atoms with Crippen LogP contribution in [0.3, 0.4) is 0 Å². The summed E-state index contributed by atoms with van der Waals surface area (Å²) in [7, 11) is 4.76. The van der Waals surface area contributed by atoms with Gasteiger partial charge in [-0.25, -0.2) is 4.79 Å². The predicted molar refractivity (Wildman–Crippen MR) is 96.4 cm³/mol. The van der Waals surface area contributed by atoms with Crippen LogP contribution in [0.2, 0.25) is 0 Å². The first-order chi connectivity index (χ1) is 12.0. The van der Waals surface area contributed by atoms with Crippen LogP contribution in [0.4, 0.5) is 0 Å². The smallest absolute Gasteiger partial charge is 0.335 e. The van der Waals surface area contributed by atoms with Crippen molar-refractivity contribution in [2.24, 2.45) is 0 Å². The SMILES string of the molecule is CCC(c1ccc(C(=O)O)c(C)c1)c1cc(OC)c(OC)c(OC)c1. The number of rotatable bonds is 7. The van der Waals surface area contributed by atoms with Gasteiger partial charge in [0.2, 0.25) is 5.75 Å². The lowest BCUT2D eigenvalue weighted by Gasteiger charge is -2.20. The molecule has 0 saturated carbocycles. The van der Waals surface area contributed by atoms with E-state index in [2.05, 4.69) is 6.92 Å². The Morgan fingerprint density at radius 2 is 1.60 bits per heavy atom. The van der Waals surface area contributed by atoms with E-state index in [1.54, 1.807) is 27.4 Å².